The number of hydrogen-bond acceptors (Lipinski definition) is 4. The lowest BCUT2D eigenvalue weighted by atomic mass is 10.2. The van der Waals surface area contributed by atoms with Crippen LogP contribution in [-0.2, 0) is 16.1 Å². The highest BCUT2D eigenvalue weighted by Gasteiger charge is 2.49. The minimum absolute atomic E-state index is 0.0566. The maximum Gasteiger partial charge on any atom is 0.410 e. The molecule has 1 fully saturated rings. The lowest BCUT2D eigenvalue weighted by Crippen LogP contribution is -2.46. The Bertz CT molecular complexity index is 854. The van der Waals surface area contributed by atoms with Crippen molar-refractivity contribution in [3.63, 3.8) is 0 Å². The molecule has 0 radical (unpaired) electrons. The number of ether oxygens (including phenoxy) is 1. The van der Waals surface area contributed by atoms with E-state index >= 15 is 0 Å². The molecule has 8 heteroatoms. The Morgan fingerprint density at radius 3 is 2.70 bits per heavy atom. The van der Waals surface area contributed by atoms with Crippen LogP contribution in [0.25, 0.3) is 0 Å². The van der Waals surface area contributed by atoms with Crippen LogP contribution in [0, 0.1) is 12.7 Å². The molecule has 0 unspecified atom stereocenters. The van der Waals surface area contributed by atoms with E-state index in [0.29, 0.717) is 11.3 Å². The molecule has 0 spiro atoms. The molecular formula is C19H18ClFN2O4. The van der Waals surface area contributed by atoms with Gasteiger partial charge in [0.05, 0.1) is 0 Å². The van der Waals surface area contributed by atoms with Gasteiger partial charge in [0, 0.05) is 30.2 Å². The molecule has 142 valence electrons. The van der Waals surface area contributed by atoms with Gasteiger partial charge in [0.25, 0.3) is 11.7 Å². The van der Waals surface area contributed by atoms with E-state index < -0.39 is 23.6 Å². The molecule has 27 heavy (non-hydrogen) atoms. The largest absolute Gasteiger partial charge is 0.410 e. The highest BCUT2D eigenvalue weighted by atomic mass is 35.5. The third kappa shape index (κ3) is 4.37. The smallest absolute Gasteiger partial charge is 0.407 e. The summed E-state index contributed by atoms with van der Waals surface area (Å²) in [6, 6.07) is 11.0. The third-order valence-corrected chi connectivity index (χ3v) is 4.44. The number of nitrogens with zero attached hydrogens (tertiary/aromatic N) is 1. The van der Waals surface area contributed by atoms with Crippen LogP contribution in [0.15, 0.2) is 42.5 Å². The highest BCUT2D eigenvalue weighted by Crippen LogP contribution is 2.29. The zero-order valence-corrected chi connectivity index (χ0v) is 15.3. The molecule has 6 nitrogen and oxygen atoms in total. The van der Waals surface area contributed by atoms with Gasteiger partial charge in [0.1, 0.15) is 5.82 Å². The second-order valence-electron chi connectivity index (χ2n) is 6.35. The van der Waals surface area contributed by atoms with Crippen molar-refractivity contribution in [2.75, 3.05) is 11.4 Å². The van der Waals surface area contributed by atoms with E-state index in [1.54, 1.807) is 12.1 Å². The van der Waals surface area contributed by atoms with E-state index in [1.807, 2.05) is 19.1 Å². The van der Waals surface area contributed by atoms with Crippen molar-refractivity contribution < 1.29 is 23.8 Å². The van der Waals surface area contributed by atoms with E-state index in [9.17, 15) is 19.1 Å². The van der Waals surface area contributed by atoms with Crippen molar-refractivity contribution in [3.05, 3.63) is 64.4 Å². The Hall–Kier alpha value is -2.64. The number of halogens is 2. The van der Waals surface area contributed by atoms with E-state index in [2.05, 4.69) is 5.32 Å². The number of amides is 2. The summed E-state index contributed by atoms with van der Waals surface area (Å²) in [7, 11) is 0. The normalized spacial score (nSPS) is 19.3. The van der Waals surface area contributed by atoms with Crippen LogP contribution < -0.4 is 10.2 Å². The summed E-state index contributed by atoms with van der Waals surface area (Å²) in [4.78, 5) is 25.9. The number of hydrogen-bond donors (Lipinski definition) is 2. The van der Waals surface area contributed by atoms with Crippen LogP contribution in [0.4, 0.5) is 14.9 Å². The molecular weight excluding hydrogens is 375 g/mol. The summed E-state index contributed by atoms with van der Waals surface area (Å²) in [5, 5.41) is 13.0. The minimum atomic E-state index is -2.24. The van der Waals surface area contributed by atoms with Crippen molar-refractivity contribution in [1.82, 2.24) is 5.32 Å². The molecule has 2 aromatic carbocycles. The molecule has 1 saturated heterocycles. The number of carbonyl (C=O) groups excluding carboxylic acids is 2. The number of aliphatic hydroxyl groups is 1. The molecule has 0 saturated carbocycles. The molecule has 2 amide bonds. The summed E-state index contributed by atoms with van der Waals surface area (Å²) >= 11 is 5.75. The number of nitrogens with one attached hydrogen (secondary N) is 1. The van der Waals surface area contributed by atoms with Gasteiger partial charge in [0.15, 0.2) is 0 Å². The molecule has 1 heterocycles. The quantitative estimate of drug-likeness (QED) is 0.783. The van der Waals surface area contributed by atoms with Crippen LogP contribution in [0.3, 0.4) is 0 Å². The van der Waals surface area contributed by atoms with Crippen molar-refractivity contribution in [2.24, 2.45) is 0 Å². The first kappa shape index (κ1) is 19.1. The van der Waals surface area contributed by atoms with Crippen molar-refractivity contribution >= 4 is 29.3 Å². The van der Waals surface area contributed by atoms with Gasteiger partial charge in [-0.05, 0) is 42.8 Å². The summed E-state index contributed by atoms with van der Waals surface area (Å²) < 4.78 is 18.3. The third-order valence-electron chi connectivity index (χ3n) is 4.22. The van der Waals surface area contributed by atoms with E-state index in [0.717, 1.165) is 11.6 Å². The topological polar surface area (TPSA) is 78.9 Å². The van der Waals surface area contributed by atoms with Gasteiger partial charge in [-0.3, -0.25) is 4.79 Å². The van der Waals surface area contributed by atoms with Crippen LogP contribution >= 0.6 is 11.6 Å². The van der Waals surface area contributed by atoms with Crippen molar-refractivity contribution in [1.29, 1.82) is 0 Å². The second-order valence-corrected chi connectivity index (χ2v) is 6.78. The van der Waals surface area contributed by atoms with Gasteiger partial charge in [-0.2, -0.15) is 0 Å². The van der Waals surface area contributed by atoms with Crippen LogP contribution in [0.2, 0.25) is 5.02 Å². The summed E-state index contributed by atoms with van der Waals surface area (Å²) in [6.07, 6.45) is -1.05. The number of benzene rings is 2. The van der Waals surface area contributed by atoms with Gasteiger partial charge >= 0.3 is 6.09 Å². The lowest BCUT2D eigenvalue weighted by Gasteiger charge is -2.22. The fourth-order valence-electron chi connectivity index (χ4n) is 2.83. The maximum atomic E-state index is 13.3. The SMILES string of the molecule is Cc1ccc(N2CC[C@@](O)(OC(=O)NCc3cc(F)cc(Cl)c3)C2=O)cc1. The first-order chi connectivity index (χ1) is 12.8. The van der Waals surface area contributed by atoms with E-state index in [-0.39, 0.29) is 24.5 Å². The van der Waals surface area contributed by atoms with Gasteiger partial charge in [-0.15, -0.1) is 0 Å². The average Bonchev–Trinajstić information content (AvgIpc) is 2.88. The zero-order valence-electron chi connectivity index (χ0n) is 14.5. The van der Waals surface area contributed by atoms with E-state index in [4.69, 9.17) is 16.3 Å². The van der Waals surface area contributed by atoms with Crippen LogP contribution in [0.1, 0.15) is 17.5 Å². The van der Waals surface area contributed by atoms with Gasteiger partial charge < -0.3 is 20.1 Å². The van der Waals surface area contributed by atoms with Gasteiger partial charge in [-0.25, -0.2) is 9.18 Å². The fraction of sp³-hybridized carbons (Fsp3) is 0.263. The second kappa shape index (κ2) is 7.54. The van der Waals surface area contributed by atoms with E-state index in [1.165, 1.54) is 17.0 Å². The number of aryl methyl sites for hydroxylation is 1. The summed E-state index contributed by atoms with van der Waals surface area (Å²) in [6.45, 7) is 2.07. The Balaban J connectivity index is 1.61. The van der Waals surface area contributed by atoms with Gasteiger partial charge in [0.2, 0.25) is 0 Å². The first-order valence-corrected chi connectivity index (χ1v) is 8.67. The monoisotopic (exact) mass is 392 g/mol. The van der Waals surface area contributed by atoms with Crippen LogP contribution in [0.5, 0.6) is 0 Å². The molecule has 3 rings (SSSR count). The molecule has 0 bridgehead atoms. The van der Waals surface area contributed by atoms with Crippen LogP contribution in [-0.4, -0.2) is 29.4 Å². The zero-order chi connectivity index (χ0) is 19.6. The number of anilines is 1. The predicted molar refractivity (Wildman–Crippen MR) is 97.8 cm³/mol. The Kier molecular flexibility index (Phi) is 5.34. The number of rotatable bonds is 4. The lowest BCUT2D eigenvalue weighted by molar-refractivity contribution is -0.175. The Morgan fingerprint density at radius 2 is 2.04 bits per heavy atom. The minimum Gasteiger partial charge on any atom is -0.407 e. The first-order valence-electron chi connectivity index (χ1n) is 8.30. The Morgan fingerprint density at radius 1 is 1.33 bits per heavy atom. The number of alkyl carbamates (subject to hydrolysis) is 1. The molecule has 1 aliphatic heterocycles. The maximum absolute atomic E-state index is 13.3. The molecule has 1 atom stereocenters. The fourth-order valence-corrected chi connectivity index (χ4v) is 3.07. The number of carbonyl (C=O) groups is 2. The standard InChI is InChI=1S/C19H18ClFN2O4/c1-12-2-4-16(5-3-12)23-7-6-19(26,17(23)24)27-18(25)22-11-13-8-14(20)10-15(21)9-13/h2-5,8-10,26H,6-7,11H2,1H3,(H,22,25)/t19-/m1/s1. The Labute approximate surface area is 160 Å². The van der Waals surface area contributed by atoms with Gasteiger partial charge in [-0.1, -0.05) is 29.3 Å². The summed E-state index contributed by atoms with van der Waals surface area (Å²) in [5.74, 6) is -3.49. The van der Waals surface area contributed by atoms with Crippen molar-refractivity contribution in [3.8, 4) is 0 Å². The molecule has 2 aromatic rings. The average molecular weight is 393 g/mol. The van der Waals surface area contributed by atoms with Crippen molar-refractivity contribution in [2.45, 2.75) is 25.7 Å². The summed E-state index contributed by atoms with van der Waals surface area (Å²) in [5.41, 5.74) is 2.07. The highest BCUT2D eigenvalue weighted by molar-refractivity contribution is 6.30. The molecule has 1 aliphatic rings. The molecule has 0 aromatic heterocycles. The molecule has 0 aliphatic carbocycles. The predicted octanol–water partition coefficient (Wildman–Crippen LogP) is 3.14. The molecule has 2 N–H and O–H groups in total.